The van der Waals surface area contributed by atoms with Crippen LogP contribution in [0, 0.1) is 13.8 Å². The minimum absolute atomic E-state index is 0.269. The lowest BCUT2D eigenvalue weighted by Crippen LogP contribution is -2.15. The number of ether oxygens (including phenoxy) is 1. The summed E-state index contributed by atoms with van der Waals surface area (Å²) in [4.78, 5) is 25.8. The molecule has 0 fully saturated rings. The minimum Gasteiger partial charge on any atom is -0.462 e. The molecule has 1 aromatic carbocycles. The fraction of sp³-hybridized carbons (Fsp3) is 0.211. The Morgan fingerprint density at radius 1 is 1.26 bits per heavy atom. The number of amides is 1. The Morgan fingerprint density at radius 3 is 2.63 bits per heavy atom. The molecule has 0 aliphatic carbocycles. The van der Waals surface area contributed by atoms with E-state index >= 15 is 0 Å². The predicted molar refractivity (Wildman–Crippen MR) is 107 cm³/mol. The summed E-state index contributed by atoms with van der Waals surface area (Å²) in [5, 5.41) is 10.8. The van der Waals surface area contributed by atoms with Gasteiger partial charge in [-0.15, -0.1) is 11.3 Å². The number of benzene rings is 1. The maximum absolute atomic E-state index is 12.6. The fourth-order valence-corrected chi connectivity index (χ4v) is 3.71. The highest BCUT2D eigenvalue weighted by molar-refractivity contribution is 7.16. The van der Waals surface area contributed by atoms with Crippen molar-refractivity contribution in [3.05, 3.63) is 57.1 Å². The van der Waals surface area contributed by atoms with Gasteiger partial charge in [-0.25, -0.2) is 4.79 Å². The number of hydrogen-bond donors (Lipinski definition) is 2. The lowest BCUT2D eigenvalue weighted by molar-refractivity contribution is 0.0527. The number of nitrogens with zero attached hydrogens (tertiary/aromatic N) is 1. The van der Waals surface area contributed by atoms with E-state index in [0.29, 0.717) is 27.0 Å². The van der Waals surface area contributed by atoms with E-state index in [0.717, 1.165) is 16.0 Å². The van der Waals surface area contributed by atoms with Gasteiger partial charge < -0.3 is 10.1 Å². The van der Waals surface area contributed by atoms with Crippen molar-refractivity contribution in [1.82, 2.24) is 10.2 Å². The number of aromatic amines is 1. The van der Waals surface area contributed by atoms with E-state index in [2.05, 4.69) is 15.5 Å². The first-order valence-corrected chi connectivity index (χ1v) is 9.50. The molecule has 3 rings (SSSR count). The summed E-state index contributed by atoms with van der Waals surface area (Å²) in [6, 6.07) is 8.81. The van der Waals surface area contributed by atoms with Crippen LogP contribution in [0.3, 0.4) is 0 Å². The second-order valence-corrected chi connectivity index (χ2v) is 7.50. The number of hydrogen-bond acceptors (Lipinski definition) is 5. The van der Waals surface area contributed by atoms with Gasteiger partial charge in [0.25, 0.3) is 5.91 Å². The number of rotatable bonds is 5. The lowest BCUT2D eigenvalue weighted by Gasteiger charge is -2.06. The topological polar surface area (TPSA) is 84.1 Å². The Hall–Kier alpha value is -2.64. The lowest BCUT2D eigenvalue weighted by atomic mass is 10.1. The van der Waals surface area contributed by atoms with Crippen molar-refractivity contribution in [1.29, 1.82) is 0 Å². The standard InChI is InChI=1S/C19H18ClN3O3S/c1-4-26-19(25)16-10(2)11(3)27-18(16)21-17(24)15-9-14(22-23-15)12-5-7-13(20)8-6-12/h5-9H,4H2,1-3H3,(H,21,24)(H,22,23). The molecule has 27 heavy (non-hydrogen) atoms. The van der Waals surface area contributed by atoms with Crippen LogP contribution >= 0.6 is 22.9 Å². The van der Waals surface area contributed by atoms with E-state index < -0.39 is 5.97 Å². The fourth-order valence-electron chi connectivity index (χ4n) is 2.54. The molecular weight excluding hydrogens is 386 g/mol. The number of thiophene rings is 1. The molecular formula is C19H18ClN3O3S. The Bertz CT molecular complexity index is 992. The third kappa shape index (κ3) is 4.04. The monoisotopic (exact) mass is 403 g/mol. The molecule has 3 aromatic rings. The second kappa shape index (κ2) is 7.94. The third-order valence-corrected chi connectivity index (χ3v) is 5.43. The van der Waals surface area contributed by atoms with E-state index in [1.54, 1.807) is 25.1 Å². The van der Waals surface area contributed by atoms with Gasteiger partial charge in [-0.2, -0.15) is 5.10 Å². The van der Waals surface area contributed by atoms with Crippen molar-refractivity contribution in [2.24, 2.45) is 0 Å². The molecule has 140 valence electrons. The van der Waals surface area contributed by atoms with Gasteiger partial charge >= 0.3 is 5.97 Å². The third-order valence-electron chi connectivity index (χ3n) is 4.05. The van der Waals surface area contributed by atoms with Crippen LogP contribution < -0.4 is 5.32 Å². The molecule has 2 aromatic heterocycles. The molecule has 0 bridgehead atoms. The van der Waals surface area contributed by atoms with Gasteiger partial charge in [0.15, 0.2) is 0 Å². The SMILES string of the molecule is CCOC(=O)c1c(NC(=O)c2cc(-c3ccc(Cl)cc3)n[nH]2)sc(C)c1C. The van der Waals surface area contributed by atoms with E-state index in [1.807, 2.05) is 26.0 Å². The van der Waals surface area contributed by atoms with Crippen molar-refractivity contribution in [3.63, 3.8) is 0 Å². The molecule has 1 amide bonds. The number of anilines is 1. The molecule has 0 aliphatic rings. The second-order valence-electron chi connectivity index (χ2n) is 5.84. The van der Waals surface area contributed by atoms with Crippen LogP contribution in [0.4, 0.5) is 5.00 Å². The van der Waals surface area contributed by atoms with Crippen LogP contribution in [0.5, 0.6) is 0 Å². The normalized spacial score (nSPS) is 10.7. The summed E-state index contributed by atoms with van der Waals surface area (Å²) >= 11 is 7.23. The molecule has 0 aliphatic heterocycles. The average molecular weight is 404 g/mol. The first-order chi connectivity index (χ1) is 12.9. The number of H-pyrrole nitrogens is 1. The Kier molecular flexibility index (Phi) is 5.62. The van der Waals surface area contributed by atoms with E-state index in [9.17, 15) is 9.59 Å². The van der Waals surface area contributed by atoms with Gasteiger partial charge in [-0.3, -0.25) is 9.89 Å². The van der Waals surface area contributed by atoms with E-state index in [1.165, 1.54) is 11.3 Å². The molecule has 0 saturated heterocycles. The highest BCUT2D eigenvalue weighted by atomic mass is 35.5. The number of nitrogens with one attached hydrogen (secondary N) is 2. The summed E-state index contributed by atoms with van der Waals surface area (Å²) in [6.45, 7) is 5.74. The van der Waals surface area contributed by atoms with Gasteiger partial charge in [-0.1, -0.05) is 23.7 Å². The Balaban J connectivity index is 1.83. The molecule has 0 unspecified atom stereocenters. The van der Waals surface area contributed by atoms with E-state index in [4.69, 9.17) is 16.3 Å². The van der Waals surface area contributed by atoms with Gasteiger partial charge in [0, 0.05) is 15.5 Å². The first-order valence-electron chi connectivity index (χ1n) is 8.30. The molecule has 0 saturated carbocycles. The van der Waals surface area contributed by atoms with Crippen LogP contribution in [0.1, 0.15) is 38.2 Å². The van der Waals surface area contributed by atoms with Crippen LogP contribution in [0.2, 0.25) is 5.02 Å². The highest BCUT2D eigenvalue weighted by Gasteiger charge is 2.23. The molecule has 6 nitrogen and oxygen atoms in total. The molecule has 2 heterocycles. The summed E-state index contributed by atoms with van der Waals surface area (Å²) in [7, 11) is 0. The zero-order chi connectivity index (χ0) is 19.6. The zero-order valence-corrected chi connectivity index (χ0v) is 16.6. The smallest absolute Gasteiger partial charge is 0.341 e. The summed E-state index contributed by atoms with van der Waals surface area (Å²) < 4.78 is 5.11. The van der Waals surface area contributed by atoms with Crippen molar-refractivity contribution in [2.45, 2.75) is 20.8 Å². The first kappa shape index (κ1) is 19.1. The number of aryl methyl sites for hydroxylation is 1. The average Bonchev–Trinajstić information content (AvgIpc) is 3.22. The predicted octanol–water partition coefficient (Wildman–Crippen LogP) is 4.84. The Labute approximate surface area is 165 Å². The maximum Gasteiger partial charge on any atom is 0.341 e. The van der Waals surface area contributed by atoms with Crippen molar-refractivity contribution in [2.75, 3.05) is 11.9 Å². The number of carbonyl (C=O) groups is 2. The van der Waals surface area contributed by atoms with Crippen molar-refractivity contribution >= 4 is 39.8 Å². The highest BCUT2D eigenvalue weighted by Crippen LogP contribution is 2.33. The van der Waals surface area contributed by atoms with Gasteiger partial charge in [0.05, 0.1) is 17.9 Å². The van der Waals surface area contributed by atoms with Crippen LogP contribution in [0.25, 0.3) is 11.3 Å². The largest absolute Gasteiger partial charge is 0.462 e. The number of aromatic nitrogens is 2. The van der Waals surface area contributed by atoms with Crippen molar-refractivity contribution in [3.8, 4) is 11.3 Å². The molecule has 2 N–H and O–H groups in total. The van der Waals surface area contributed by atoms with Crippen LogP contribution in [-0.4, -0.2) is 28.7 Å². The van der Waals surface area contributed by atoms with Gasteiger partial charge in [0.1, 0.15) is 10.7 Å². The molecule has 0 atom stereocenters. The van der Waals surface area contributed by atoms with Crippen molar-refractivity contribution < 1.29 is 14.3 Å². The number of carbonyl (C=O) groups excluding carboxylic acids is 2. The summed E-state index contributed by atoms with van der Waals surface area (Å²) in [5.41, 5.74) is 2.95. The van der Waals surface area contributed by atoms with Gasteiger partial charge in [-0.05, 0) is 44.5 Å². The minimum atomic E-state index is -0.443. The summed E-state index contributed by atoms with van der Waals surface area (Å²) in [6.07, 6.45) is 0. The summed E-state index contributed by atoms with van der Waals surface area (Å²) in [5.74, 6) is -0.823. The van der Waals surface area contributed by atoms with Crippen LogP contribution in [0.15, 0.2) is 30.3 Å². The van der Waals surface area contributed by atoms with E-state index in [-0.39, 0.29) is 12.5 Å². The quantitative estimate of drug-likeness (QED) is 0.597. The molecule has 0 radical (unpaired) electrons. The maximum atomic E-state index is 12.6. The molecule has 0 spiro atoms. The number of halogens is 1. The molecule has 8 heteroatoms. The van der Waals surface area contributed by atoms with Gasteiger partial charge in [0.2, 0.25) is 0 Å². The van der Waals surface area contributed by atoms with Crippen LogP contribution in [-0.2, 0) is 4.74 Å². The number of esters is 1. The Morgan fingerprint density at radius 2 is 1.96 bits per heavy atom. The zero-order valence-electron chi connectivity index (χ0n) is 15.1.